The molecule has 1 N–H and O–H groups in total. The van der Waals surface area contributed by atoms with Crippen LogP contribution >= 0.6 is 0 Å². The van der Waals surface area contributed by atoms with Gasteiger partial charge in [-0.25, -0.2) is 0 Å². The molecule has 0 aromatic carbocycles. The van der Waals surface area contributed by atoms with Gasteiger partial charge in [0.2, 0.25) is 0 Å². The van der Waals surface area contributed by atoms with E-state index in [1.54, 1.807) is 0 Å². The van der Waals surface area contributed by atoms with Crippen molar-refractivity contribution in [3.8, 4) is 0 Å². The predicted molar refractivity (Wildman–Crippen MR) is 70.5 cm³/mol. The third-order valence-corrected chi connectivity index (χ3v) is 4.01. The van der Waals surface area contributed by atoms with Gasteiger partial charge < -0.3 is 19.5 Å². The van der Waals surface area contributed by atoms with E-state index in [1.807, 2.05) is 0 Å². The molecule has 2 aliphatic rings. The Hall–Kier alpha value is -0.160. The molecular formula is C14H27NO3. The predicted octanol–water partition coefficient (Wildman–Crippen LogP) is 1.77. The van der Waals surface area contributed by atoms with Gasteiger partial charge in [0.15, 0.2) is 6.29 Å². The van der Waals surface area contributed by atoms with Crippen molar-refractivity contribution in [2.75, 3.05) is 33.4 Å². The molecule has 0 aromatic heterocycles. The van der Waals surface area contributed by atoms with Crippen LogP contribution in [-0.2, 0) is 9.47 Å². The Labute approximate surface area is 110 Å². The summed E-state index contributed by atoms with van der Waals surface area (Å²) in [6.45, 7) is 3.15. The average Bonchev–Trinajstić information content (AvgIpc) is 2.77. The van der Waals surface area contributed by atoms with E-state index < -0.39 is 5.60 Å². The van der Waals surface area contributed by atoms with Crippen LogP contribution < -0.4 is 0 Å². The van der Waals surface area contributed by atoms with Crippen LogP contribution in [-0.4, -0.2) is 55.2 Å². The smallest absolute Gasteiger partial charge is 0.157 e. The van der Waals surface area contributed by atoms with Gasteiger partial charge in [-0.05, 0) is 39.2 Å². The molecule has 1 saturated carbocycles. The third-order valence-electron chi connectivity index (χ3n) is 4.01. The normalized spacial score (nSPS) is 27.8. The molecule has 1 saturated heterocycles. The molecule has 1 aliphatic carbocycles. The lowest BCUT2D eigenvalue weighted by Crippen LogP contribution is -2.40. The molecule has 1 atom stereocenters. The second-order valence-electron chi connectivity index (χ2n) is 5.84. The number of hydrogen-bond donors (Lipinski definition) is 1. The molecular weight excluding hydrogens is 230 g/mol. The minimum atomic E-state index is -0.448. The zero-order valence-corrected chi connectivity index (χ0v) is 11.6. The van der Waals surface area contributed by atoms with Crippen LogP contribution in [0.4, 0.5) is 0 Å². The van der Waals surface area contributed by atoms with E-state index in [2.05, 4.69) is 11.9 Å². The van der Waals surface area contributed by atoms with E-state index in [4.69, 9.17) is 9.47 Å². The molecule has 0 radical (unpaired) electrons. The highest BCUT2D eigenvalue weighted by Crippen LogP contribution is 2.29. The van der Waals surface area contributed by atoms with Crippen molar-refractivity contribution in [1.82, 2.24) is 4.90 Å². The quantitative estimate of drug-likeness (QED) is 0.787. The first-order valence-electron chi connectivity index (χ1n) is 7.32. The van der Waals surface area contributed by atoms with Gasteiger partial charge in [-0.1, -0.05) is 12.8 Å². The van der Waals surface area contributed by atoms with Crippen LogP contribution in [0, 0.1) is 0 Å². The molecule has 1 heterocycles. The van der Waals surface area contributed by atoms with Crippen LogP contribution in [0.15, 0.2) is 0 Å². The monoisotopic (exact) mass is 257 g/mol. The van der Waals surface area contributed by atoms with Crippen molar-refractivity contribution in [1.29, 1.82) is 0 Å². The number of aliphatic hydroxyl groups is 1. The zero-order valence-electron chi connectivity index (χ0n) is 11.6. The van der Waals surface area contributed by atoms with Gasteiger partial charge in [0.1, 0.15) is 0 Å². The van der Waals surface area contributed by atoms with Crippen LogP contribution in [0.1, 0.15) is 44.9 Å². The van der Waals surface area contributed by atoms with E-state index in [9.17, 15) is 5.11 Å². The Morgan fingerprint density at radius 2 is 2.06 bits per heavy atom. The third kappa shape index (κ3) is 4.50. The van der Waals surface area contributed by atoms with E-state index in [0.717, 1.165) is 58.2 Å². The Balaban J connectivity index is 1.57. The summed E-state index contributed by atoms with van der Waals surface area (Å²) in [6.07, 6.45) is 7.61. The Morgan fingerprint density at radius 1 is 1.28 bits per heavy atom. The first-order chi connectivity index (χ1) is 8.68. The second kappa shape index (κ2) is 6.85. The Morgan fingerprint density at radius 3 is 2.72 bits per heavy atom. The summed E-state index contributed by atoms with van der Waals surface area (Å²) < 4.78 is 11.2. The number of likely N-dealkylation sites (N-methyl/N-ethyl adjacent to an activating group) is 1. The highest BCUT2D eigenvalue weighted by molar-refractivity contribution is 4.86. The lowest BCUT2D eigenvalue weighted by Gasteiger charge is -2.29. The summed E-state index contributed by atoms with van der Waals surface area (Å²) in [4.78, 5) is 2.17. The number of ether oxygens (including phenoxy) is 2. The number of nitrogens with zero attached hydrogens (tertiary/aromatic N) is 1. The highest BCUT2D eigenvalue weighted by atomic mass is 16.7. The molecule has 0 amide bonds. The lowest BCUT2D eigenvalue weighted by atomic mass is 10.0. The molecule has 0 aromatic rings. The molecule has 106 valence electrons. The molecule has 18 heavy (non-hydrogen) atoms. The van der Waals surface area contributed by atoms with Gasteiger partial charge in [0, 0.05) is 19.7 Å². The SMILES string of the molecule is CN(CCOC1CCCCO1)CC1(O)CCCC1. The Bertz CT molecular complexity index is 235. The maximum Gasteiger partial charge on any atom is 0.157 e. The van der Waals surface area contributed by atoms with Crippen LogP contribution in [0.2, 0.25) is 0 Å². The van der Waals surface area contributed by atoms with E-state index in [0.29, 0.717) is 6.61 Å². The number of rotatable bonds is 6. The average molecular weight is 257 g/mol. The van der Waals surface area contributed by atoms with Crippen molar-refractivity contribution in [3.63, 3.8) is 0 Å². The van der Waals surface area contributed by atoms with Gasteiger partial charge in [-0.15, -0.1) is 0 Å². The van der Waals surface area contributed by atoms with Gasteiger partial charge in [0.05, 0.1) is 12.2 Å². The van der Waals surface area contributed by atoms with Crippen molar-refractivity contribution >= 4 is 0 Å². The van der Waals surface area contributed by atoms with Gasteiger partial charge in [-0.3, -0.25) is 0 Å². The minimum Gasteiger partial charge on any atom is -0.389 e. The van der Waals surface area contributed by atoms with Gasteiger partial charge in [0.25, 0.3) is 0 Å². The topological polar surface area (TPSA) is 41.9 Å². The summed E-state index contributed by atoms with van der Waals surface area (Å²) in [5.74, 6) is 0. The lowest BCUT2D eigenvalue weighted by molar-refractivity contribution is -0.164. The van der Waals surface area contributed by atoms with Crippen molar-refractivity contribution in [2.24, 2.45) is 0 Å². The molecule has 4 heteroatoms. The standard InChI is InChI=1S/C14H27NO3/c1-15(12-14(16)7-3-4-8-14)9-11-18-13-6-2-5-10-17-13/h13,16H,2-12H2,1H3. The van der Waals surface area contributed by atoms with Crippen molar-refractivity contribution in [3.05, 3.63) is 0 Å². The maximum atomic E-state index is 10.3. The summed E-state index contributed by atoms with van der Waals surface area (Å²) in [5, 5.41) is 10.3. The van der Waals surface area contributed by atoms with E-state index >= 15 is 0 Å². The molecule has 1 aliphatic heterocycles. The number of hydrogen-bond acceptors (Lipinski definition) is 4. The zero-order chi connectivity index (χ0) is 12.8. The van der Waals surface area contributed by atoms with Crippen LogP contribution in [0.25, 0.3) is 0 Å². The first kappa shape index (κ1) is 14.3. The fourth-order valence-corrected chi connectivity index (χ4v) is 2.96. The second-order valence-corrected chi connectivity index (χ2v) is 5.84. The summed E-state index contributed by atoms with van der Waals surface area (Å²) >= 11 is 0. The molecule has 2 fully saturated rings. The van der Waals surface area contributed by atoms with Crippen LogP contribution in [0.3, 0.4) is 0 Å². The fourth-order valence-electron chi connectivity index (χ4n) is 2.96. The fraction of sp³-hybridized carbons (Fsp3) is 1.00. The largest absolute Gasteiger partial charge is 0.389 e. The minimum absolute atomic E-state index is 0.00159. The van der Waals surface area contributed by atoms with E-state index in [-0.39, 0.29) is 6.29 Å². The van der Waals surface area contributed by atoms with E-state index in [1.165, 1.54) is 6.42 Å². The summed E-state index contributed by atoms with van der Waals surface area (Å²) in [6, 6.07) is 0. The highest BCUT2D eigenvalue weighted by Gasteiger charge is 2.31. The maximum absolute atomic E-state index is 10.3. The summed E-state index contributed by atoms with van der Waals surface area (Å²) in [5.41, 5.74) is -0.448. The molecule has 1 unspecified atom stereocenters. The van der Waals surface area contributed by atoms with Crippen molar-refractivity contribution in [2.45, 2.75) is 56.8 Å². The molecule has 0 spiro atoms. The van der Waals surface area contributed by atoms with Crippen LogP contribution in [0.5, 0.6) is 0 Å². The van der Waals surface area contributed by atoms with Crippen molar-refractivity contribution < 1.29 is 14.6 Å². The summed E-state index contributed by atoms with van der Waals surface area (Å²) in [7, 11) is 2.06. The first-order valence-corrected chi connectivity index (χ1v) is 7.32. The Kier molecular flexibility index (Phi) is 5.42. The molecule has 0 bridgehead atoms. The van der Waals surface area contributed by atoms with Gasteiger partial charge >= 0.3 is 0 Å². The van der Waals surface area contributed by atoms with Gasteiger partial charge in [-0.2, -0.15) is 0 Å². The molecule has 2 rings (SSSR count). The molecule has 4 nitrogen and oxygen atoms in total.